The molecule has 0 N–H and O–H groups in total. The van der Waals surface area contributed by atoms with Crippen LogP contribution in [0.25, 0.3) is 0 Å². The number of nitrogens with zero attached hydrogens (tertiary/aromatic N) is 2. The first kappa shape index (κ1) is 71.0. The van der Waals surface area contributed by atoms with Crippen molar-refractivity contribution in [2.24, 2.45) is 11.8 Å². The van der Waals surface area contributed by atoms with Gasteiger partial charge in [-0.2, -0.15) is 11.1 Å². The second-order valence-corrected chi connectivity index (χ2v) is 10.5. The number of carbonyl (C=O) groups excluding carboxylic acids is 3. The quantitative estimate of drug-likeness (QED) is 0.0964. The minimum Gasteiger partial charge on any atom is -0.750 e. The SMILES string of the molecule is CC.CC.CC.CC.CC(=O)c1c(C)c(C)[c-][n-]c1=O.Cc1[c-][n-]c(=O)c(C(=O)/C=C/C2CCCCC2)c1C.I.O=CC1CCCCC1.[La].[La].[Ta].[Ta]. The Morgan fingerprint density at radius 2 is 0.942 bits per heavy atom. The van der Waals surface area contributed by atoms with Gasteiger partial charge in [-0.25, -0.2) is 0 Å². The van der Waals surface area contributed by atoms with Crippen molar-refractivity contribution >= 4 is 41.8 Å². The molecule has 2 aromatic heterocycles. The maximum atomic E-state index is 12.1. The van der Waals surface area contributed by atoms with Crippen LogP contribution in [-0.4, -0.2) is 17.9 Å². The Bertz CT molecular complexity index is 1310. The third-order valence-electron chi connectivity index (χ3n) is 7.56. The van der Waals surface area contributed by atoms with Crippen molar-refractivity contribution < 1.29 is 130 Å². The van der Waals surface area contributed by atoms with E-state index in [2.05, 4.69) is 22.4 Å². The fourth-order valence-corrected chi connectivity index (χ4v) is 4.85. The number of hydrogen-bond donors (Lipinski definition) is 0. The standard InChI is InChI=1S/C16H19NO2.C9H9NO2.C7H12O.4C2H6.HI.2La.2Ta/c1-11-10-17-16(19)15(12(11)2)14(18)9-8-13-6-4-3-5-7-13;1-5-4-10-9(12)8(6(5)2)7(3)11;8-6-7-4-2-1-3-5-7;4*1-2;;;;;/h8-9,13H,3-7H2,1-2H3;1-3H3;6-7H,1-5H2;4*1-2H3;1H;;;;/q2*-2;;;;;;;;;;/b9-8+;;;;;;;;;;;. The maximum Gasteiger partial charge on any atom is 0.163 e. The minimum absolute atomic E-state index is 0. The molecule has 0 aliphatic heterocycles. The van der Waals surface area contributed by atoms with Crippen LogP contribution in [0, 0.1) is 123 Å². The summed E-state index contributed by atoms with van der Waals surface area (Å²) < 4.78 is 0. The van der Waals surface area contributed by atoms with Crippen molar-refractivity contribution in [1.82, 2.24) is 9.97 Å². The van der Waals surface area contributed by atoms with E-state index in [9.17, 15) is 24.0 Å². The molecule has 0 atom stereocenters. The van der Waals surface area contributed by atoms with Crippen LogP contribution in [0.3, 0.4) is 0 Å². The zero-order valence-corrected chi connectivity index (χ0v) is 50.4. The summed E-state index contributed by atoms with van der Waals surface area (Å²) in [4.78, 5) is 63.1. The summed E-state index contributed by atoms with van der Waals surface area (Å²) in [6.45, 7) is 24.4. The number of ketones is 2. The molecule has 2 fully saturated rings. The van der Waals surface area contributed by atoms with Crippen LogP contribution in [-0.2, 0) is 49.6 Å². The molecule has 0 unspecified atom stereocenters. The first-order valence-corrected chi connectivity index (χ1v) is 17.9. The second-order valence-electron chi connectivity index (χ2n) is 10.5. The predicted molar refractivity (Wildman–Crippen MR) is 212 cm³/mol. The third kappa shape index (κ3) is 29.5. The predicted octanol–water partition coefficient (Wildman–Crippen LogP) is 9.85. The summed E-state index contributed by atoms with van der Waals surface area (Å²) in [6.07, 6.45) is 22.0. The Balaban J connectivity index is -0.0000000856. The maximum absolute atomic E-state index is 12.1. The molecule has 0 amide bonds. The topological polar surface area (TPSA) is 114 Å². The van der Waals surface area contributed by atoms with Gasteiger partial charge in [-0.05, 0) is 55.7 Å². The van der Waals surface area contributed by atoms with E-state index in [1.807, 2.05) is 68.4 Å². The van der Waals surface area contributed by atoms with Crippen molar-refractivity contribution in [2.75, 3.05) is 0 Å². The normalized spacial score (nSPS) is 12.5. The Morgan fingerprint density at radius 1 is 0.615 bits per heavy atom. The Hall–Kier alpha value is 1.25. The van der Waals surface area contributed by atoms with E-state index in [0.717, 1.165) is 43.1 Å². The fourth-order valence-electron chi connectivity index (χ4n) is 4.85. The Morgan fingerprint density at radius 3 is 1.25 bits per heavy atom. The summed E-state index contributed by atoms with van der Waals surface area (Å²) >= 11 is 0. The van der Waals surface area contributed by atoms with Crippen LogP contribution in [0.4, 0.5) is 0 Å². The third-order valence-corrected chi connectivity index (χ3v) is 7.56. The molecule has 2 aromatic rings. The van der Waals surface area contributed by atoms with Gasteiger partial charge in [0, 0.05) is 122 Å². The van der Waals surface area contributed by atoms with Gasteiger partial charge in [-0.1, -0.05) is 139 Å². The first-order valence-electron chi connectivity index (χ1n) is 17.9. The fraction of sp³-hybridized carbons (Fsp3) is 0.625. The molecule has 0 aromatic carbocycles. The molecule has 292 valence electrons. The van der Waals surface area contributed by atoms with Gasteiger partial charge in [0.05, 0.1) is 0 Å². The number of aromatic nitrogens is 2. The number of Topliss-reactive ketones (excluding diaryl/α,β-unsaturated/α-hetero) is 1. The molecule has 2 saturated carbocycles. The molecular formula is C40H65ILa2N2O5Ta2-4. The van der Waals surface area contributed by atoms with Crippen LogP contribution in [0.1, 0.15) is 169 Å². The van der Waals surface area contributed by atoms with Gasteiger partial charge in [0.1, 0.15) is 12.1 Å². The molecule has 7 nitrogen and oxygen atoms in total. The monoisotopic (exact) mass is 1420 g/mol. The van der Waals surface area contributed by atoms with Crippen LogP contribution in [0.15, 0.2) is 21.7 Å². The van der Waals surface area contributed by atoms with Crippen LogP contribution >= 0.6 is 24.0 Å². The smallest absolute Gasteiger partial charge is 0.163 e. The number of hydrogen-bond acceptors (Lipinski definition) is 5. The zero-order chi connectivity index (χ0) is 36.9. The van der Waals surface area contributed by atoms with Gasteiger partial charge in [-0.3, -0.25) is 9.59 Å². The molecule has 4 radical (unpaired) electrons. The summed E-state index contributed by atoms with van der Waals surface area (Å²) in [5, 5.41) is 0. The van der Waals surface area contributed by atoms with Gasteiger partial charge in [0.25, 0.3) is 0 Å². The van der Waals surface area contributed by atoms with E-state index in [1.165, 1.54) is 45.4 Å². The van der Waals surface area contributed by atoms with E-state index in [-0.39, 0.29) is 163 Å². The van der Waals surface area contributed by atoms with Crippen molar-refractivity contribution in [3.05, 3.63) is 78.6 Å². The van der Waals surface area contributed by atoms with Crippen molar-refractivity contribution in [3.63, 3.8) is 0 Å². The first-order chi connectivity index (χ1) is 22.6. The molecule has 0 spiro atoms. The van der Waals surface area contributed by atoms with E-state index < -0.39 is 11.1 Å². The molecule has 0 bridgehead atoms. The summed E-state index contributed by atoms with van der Waals surface area (Å²) in [6, 6.07) is 0. The number of pyridine rings is 2. The van der Waals surface area contributed by atoms with Gasteiger partial charge < -0.3 is 36.7 Å². The Labute approximate surface area is 421 Å². The molecular weight excluding hydrogens is 1360 g/mol. The van der Waals surface area contributed by atoms with Crippen LogP contribution in [0.2, 0.25) is 0 Å². The van der Waals surface area contributed by atoms with Crippen molar-refractivity contribution in [2.45, 2.75) is 154 Å². The van der Waals surface area contributed by atoms with E-state index >= 15 is 0 Å². The molecule has 4 rings (SSSR count). The van der Waals surface area contributed by atoms with E-state index in [0.29, 0.717) is 23.0 Å². The number of halogens is 1. The minimum atomic E-state index is -0.481. The number of aldehydes is 1. The molecule has 12 heteroatoms. The van der Waals surface area contributed by atoms with Gasteiger partial charge in [-0.15, -0.1) is 35.1 Å². The summed E-state index contributed by atoms with van der Waals surface area (Å²) in [5.74, 6) is 0.431. The number of allylic oxidation sites excluding steroid dienone is 2. The zero-order valence-electron chi connectivity index (χ0n) is 34.4. The van der Waals surface area contributed by atoms with Gasteiger partial charge >= 0.3 is 0 Å². The van der Waals surface area contributed by atoms with Crippen molar-refractivity contribution in [1.29, 1.82) is 0 Å². The van der Waals surface area contributed by atoms with Crippen molar-refractivity contribution in [3.8, 4) is 0 Å². The Kier molecular flexibility index (Phi) is 63.7. The van der Waals surface area contributed by atoms with E-state index in [4.69, 9.17) is 0 Å². The molecule has 2 heterocycles. The average molecular weight is 1420 g/mol. The molecule has 2 aliphatic carbocycles. The second kappa shape index (κ2) is 46.6. The molecule has 2 aliphatic rings. The van der Waals surface area contributed by atoms with Crippen LogP contribution < -0.4 is 21.1 Å². The number of rotatable bonds is 5. The number of carbonyl (C=O) groups is 3. The van der Waals surface area contributed by atoms with Crippen LogP contribution in [0.5, 0.6) is 0 Å². The molecule has 0 saturated heterocycles. The number of aryl methyl sites for hydroxylation is 2. The molecule has 52 heavy (non-hydrogen) atoms. The van der Waals surface area contributed by atoms with E-state index in [1.54, 1.807) is 26.8 Å². The van der Waals surface area contributed by atoms with Gasteiger partial charge in [0.15, 0.2) is 5.78 Å². The summed E-state index contributed by atoms with van der Waals surface area (Å²) in [7, 11) is 0. The summed E-state index contributed by atoms with van der Waals surface area (Å²) in [5.41, 5.74) is 2.32. The largest absolute Gasteiger partial charge is 0.750 e. The average Bonchev–Trinajstić information content (AvgIpc) is 3.12. The van der Waals surface area contributed by atoms with Gasteiger partial charge in [0.2, 0.25) is 0 Å².